The van der Waals surface area contributed by atoms with E-state index in [1.807, 2.05) is 24.3 Å². The van der Waals surface area contributed by atoms with Crippen molar-refractivity contribution in [2.75, 3.05) is 7.05 Å². The summed E-state index contributed by atoms with van der Waals surface area (Å²) in [5.41, 5.74) is 2.43. The first-order valence-electron chi connectivity index (χ1n) is 6.53. The molecule has 5 heteroatoms. The van der Waals surface area contributed by atoms with E-state index in [4.69, 9.17) is 0 Å². The second-order valence-electron chi connectivity index (χ2n) is 4.67. The molecule has 1 unspecified atom stereocenters. The van der Waals surface area contributed by atoms with Gasteiger partial charge in [0.25, 0.3) is 0 Å². The summed E-state index contributed by atoms with van der Waals surface area (Å²) in [6.07, 6.45) is 1.60. The highest BCUT2D eigenvalue weighted by atomic mass is 19.1. The van der Waals surface area contributed by atoms with Gasteiger partial charge in [0.1, 0.15) is 11.6 Å². The number of para-hydroxylation sites is 2. The van der Waals surface area contributed by atoms with E-state index < -0.39 is 17.7 Å². The second kappa shape index (κ2) is 5.54. The average molecular weight is 285 g/mol. The summed E-state index contributed by atoms with van der Waals surface area (Å²) >= 11 is 0. The molecule has 1 aromatic heterocycles. The number of aromatic nitrogens is 2. The number of halogens is 2. The molecule has 0 amide bonds. The van der Waals surface area contributed by atoms with Crippen LogP contribution in [0.25, 0.3) is 11.0 Å². The van der Waals surface area contributed by atoms with Gasteiger partial charge in [0.05, 0.1) is 29.0 Å². The van der Waals surface area contributed by atoms with Gasteiger partial charge in [0.2, 0.25) is 0 Å². The molecule has 21 heavy (non-hydrogen) atoms. The fourth-order valence-corrected chi connectivity index (χ4v) is 2.31. The molecule has 0 radical (unpaired) electrons. The number of hydrogen-bond acceptors (Lipinski definition) is 3. The monoisotopic (exact) mass is 285 g/mol. The lowest BCUT2D eigenvalue weighted by Gasteiger charge is -2.17. The molecule has 0 fully saturated rings. The van der Waals surface area contributed by atoms with Crippen molar-refractivity contribution in [1.29, 1.82) is 0 Å². The highest BCUT2D eigenvalue weighted by Crippen LogP contribution is 2.24. The summed E-state index contributed by atoms with van der Waals surface area (Å²) in [6, 6.07) is 10.5. The van der Waals surface area contributed by atoms with Gasteiger partial charge in [-0.15, -0.1) is 0 Å². The van der Waals surface area contributed by atoms with E-state index in [1.54, 1.807) is 13.2 Å². The lowest BCUT2D eigenvalue weighted by Crippen LogP contribution is -2.20. The Morgan fingerprint density at radius 1 is 1.05 bits per heavy atom. The molecule has 0 aliphatic carbocycles. The van der Waals surface area contributed by atoms with Crippen LogP contribution < -0.4 is 5.32 Å². The first-order valence-corrected chi connectivity index (χ1v) is 6.53. The van der Waals surface area contributed by atoms with Crippen molar-refractivity contribution >= 4 is 11.0 Å². The van der Waals surface area contributed by atoms with E-state index in [9.17, 15) is 8.78 Å². The lowest BCUT2D eigenvalue weighted by atomic mass is 10.0. The van der Waals surface area contributed by atoms with Crippen molar-refractivity contribution < 1.29 is 8.78 Å². The standard InChI is InChI=1S/C16H13F2N3/c1-19-16(11-7-6-10(17)8-12(11)18)15-9-20-13-4-2-3-5-14(13)21-15/h2-9,16,19H,1H3. The number of nitrogens with zero attached hydrogens (tertiary/aromatic N) is 2. The Balaban J connectivity index is 2.09. The molecular formula is C16H13F2N3. The molecule has 3 aromatic rings. The van der Waals surface area contributed by atoms with Crippen LogP contribution in [0.15, 0.2) is 48.7 Å². The van der Waals surface area contributed by atoms with Crippen LogP contribution >= 0.6 is 0 Å². The Kier molecular flexibility index (Phi) is 3.58. The van der Waals surface area contributed by atoms with Crippen LogP contribution in [0.4, 0.5) is 8.78 Å². The quantitative estimate of drug-likeness (QED) is 0.803. The third-order valence-electron chi connectivity index (χ3n) is 3.33. The van der Waals surface area contributed by atoms with Gasteiger partial charge < -0.3 is 5.32 Å². The van der Waals surface area contributed by atoms with E-state index >= 15 is 0 Å². The summed E-state index contributed by atoms with van der Waals surface area (Å²) < 4.78 is 27.0. The third kappa shape index (κ3) is 2.60. The lowest BCUT2D eigenvalue weighted by molar-refractivity contribution is 0.548. The van der Waals surface area contributed by atoms with Gasteiger partial charge in [-0.25, -0.2) is 13.8 Å². The van der Waals surface area contributed by atoms with E-state index in [0.29, 0.717) is 11.3 Å². The van der Waals surface area contributed by atoms with Crippen molar-refractivity contribution in [3.63, 3.8) is 0 Å². The van der Waals surface area contributed by atoms with Crippen LogP contribution in [0.5, 0.6) is 0 Å². The first kappa shape index (κ1) is 13.6. The molecule has 2 aromatic carbocycles. The number of hydrogen-bond donors (Lipinski definition) is 1. The Labute approximate surface area is 120 Å². The Bertz CT molecular complexity index is 789. The van der Waals surface area contributed by atoms with Gasteiger partial charge >= 0.3 is 0 Å². The first-order chi connectivity index (χ1) is 10.2. The van der Waals surface area contributed by atoms with Crippen molar-refractivity contribution in [2.45, 2.75) is 6.04 Å². The van der Waals surface area contributed by atoms with Crippen LogP contribution in [0.3, 0.4) is 0 Å². The third-order valence-corrected chi connectivity index (χ3v) is 3.33. The van der Waals surface area contributed by atoms with Crippen LogP contribution in [-0.4, -0.2) is 17.0 Å². The molecule has 0 saturated carbocycles. The van der Waals surface area contributed by atoms with Gasteiger partial charge in [-0.3, -0.25) is 4.98 Å². The normalized spacial score (nSPS) is 12.5. The molecular weight excluding hydrogens is 272 g/mol. The number of nitrogens with one attached hydrogen (secondary N) is 1. The minimum absolute atomic E-state index is 0.337. The van der Waals surface area contributed by atoms with Gasteiger partial charge in [0.15, 0.2) is 0 Å². The van der Waals surface area contributed by atoms with Crippen LogP contribution in [0, 0.1) is 11.6 Å². The van der Waals surface area contributed by atoms with E-state index in [0.717, 1.165) is 17.1 Å². The Morgan fingerprint density at radius 3 is 2.52 bits per heavy atom. The zero-order chi connectivity index (χ0) is 14.8. The maximum Gasteiger partial charge on any atom is 0.131 e. The zero-order valence-corrected chi connectivity index (χ0v) is 11.3. The average Bonchev–Trinajstić information content (AvgIpc) is 2.50. The fourth-order valence-electron chi connectivity index (χ4n) is 2.31. The minimum Gasteiger partial charge on any atom is -0.308 e. The summed E-state index contributed by atoms with van der Waals surface area (Å²) in [7, 11) is 1.70. The van der Waals surface area contributed by atoms with E-state index in [1.165, 1.54) is 12.1 Å². The summed E-state index contributed by atoms with van der Waals surface area (Å²) in [5, 5.41) is 2.99. The van der Waals surface area contributed by atoms with E-state index in [2.05, 4.69) is 15.3 Å². The molecule has 0 bridgehead atoms. The largest absolute Gasteiger partial charge is 0.308 e. The SMILES string of the molecule is CNC(c1cnc2ccccc2n1)c1ccc(F)cc1F. The maximum atomic E-state index is 14.0. The highest BCUT2D eigenvalue weighted by molar-refractivity contribution is 5.73. The zero-order valence-electron chi connectivity index (χ0n) is 11.3. The Hall–Kier alpha value is -2.40. The molecule has 0 aliphatic heterocycles. The van der Waals surface area contributed by atoms with Crippen LogP contribution in [0.1, 0.15) is 17.3 Å². The van der Waals surface area contributed by atoms with Crippen molar-refractivity contribution in [2.24, 2.45) is 0 Å². The second-order valence-corrected chi connectivity index (χ2v) is 4.67. The summed E-state index contributed by atoms with van der Waals surface area (Å²) in [4.78, 5) is 8.82. The molecule has 1 atom stereocenters. The van der Waals surface area contributed by atoms with Gasteiger partial charge in [-0.05, 0) is 25.2 Å². The number of rotatable bonds is 3. The predicted octanol–water partition coefficient (Wildman–Crippen LogP) is 3.22. The van der Waals surface area contributed by atoms with Crippen LogP contribution in [-0.2, 0) is 0 Å². The number of fused-ring (bicyclic) bond motifs is 1. The topological polar surface area (TPSA) is 37.8 Å². The molecule has 0 spiro atoms. The minimum atomic E-state index is -0.607. The maximum absolute atomic E-state index is 14.0. The molecule has 0 saturated heterocycles. The van der Waals surface area contributed by atoms with Gasteiger partial charge in [-0.1, -0.05) is 18.2 Å². The number of benzene rings is 2. The fraction of sp³-hybridized carbons (Fsp3) is 0.125. The smallest absolute Gasteiger partial charge is 0.131 e. The van der Waals surface area contributed by atoms with E-state index in [-0.39, 0.29) is 0 Å². The van der Waals surface area contributed by atoms with Crippen molar-refractivity contribution in [3.05, 3.63) is 71.6 Å². The van der Waals surface area contributed by atoms with Crippen molar-refractivity contribution in [1.82, 2.24) is 15.3 Å². The summed E-state index contributed by atoms with van der Waals surface area (Å²) in [5.74, 6) is -1.21. The van der Waals surface area contributed by atoms with Crippen LogP contribution in [0.2, 0.25) is 0 Å². The molecule has 1 N–H and O–H groups in total. The van der Waals surface area contributed by atoms with Crippen molar-refractivity contribution in [3.8, 4) is 0 Å². The highest BCUT2D eigenvalue weighted by Gasteiger charge is 2.18. The molecule has 1 heterocycles. The van der Waals surface area contributed by atoms with Gasteiger partial charge in [-0.2, -0.15) is 0 Å². The molecule has 3 nitrogen and oxygen atoms in total. The molecule has 0 aliphatic rings. The Morgan fingerprint density at radius 2 is 1.81 bits per heavy atom. The summed E-state index contributed by atoms with van der Waals surface area (Å²) in [6.45, 7) is 0. The predicted molar refractivity (Wildman–Crippen MR) is 76.8 cm³/mol. The van der Waals surface area contributed by atoms with Gasteiger partial charge in [0, 0.05) is 11.6 Å². The molecule has 3 rings (SSSR count). The molecule has 106 valence electrons.